The molecule has 1 atom stereocenters. The van der Waals surface area contributed by atoms with Crippen LogP contribution in [0.5, 0.6) is 5.75 Å². The number of rotatable bonds is 4. The number of ether oxygens (including phenoxy) is 1. The SMILES string of the molecule is CC(C)(C)OC(=O)N(I)[C@@H](Cc1ccc(O)cc1)C(=O)O. The van der Waals surface area contributed by atoms with Crippen molar-refractivity contribution in [2.75, 3.05) is 0 Å². The first-order valence-corrected chi connectivity index (χ1v) is 7.25. The lowest BCUT2D eigenvalue weighted by Gasteiger charge is -2.27. The van der Waals surface area contributed by atoms with Crippen LogP contribution < -0.4 is 0 Å². The normalized spacial score (nSPS) is 12.6. The van der Waals surface area contributed by atoms with E-state index in [0.717, 1.165) is 3.11 Å². The summed E-state index contributed by atoms with van der Waals surface area (Å²) in [5, 5.41) is 18.5. The highest BCUT2D eigenvalue weighted by Crippen LogP contribution is 2.19. The number of aromatic hydroxyl groups is 1. The van der Waals surface area contributed by atoms with Crippen LogP contribution >= 0.6 is 22.9 Å². The Morgan fingerprint density at radius 2 is 1.81 bits per heavy atom. The molecule has 0 saturated heterocycles. The average molecular weight is 407 g/mol. The Kier molecular flexibility index (Phi) is 5.82. The van der Waals surface area contributed by atoms with E-state index in [-0.39, 0.29) is 12.2 Å². The van der Waals surface area contributed by atoms with Gasteiger partial charge in [-0.05, 0) is 38.5 Å². The summed E-state index contributed by atoms with van der Waals surface area (Å²) in [6.07, 6.45) is -0.577. The number of nitrogens with zero attached hydrogens (tertiary/aromatic N) is 1. The van der Waals surface area contributed by atoms with Crippen LogP contribution in [0.25, 0.3) is 0 Å². The number of phenolic OH excluding ortho intramolecular Hbond substituents is 1. The van der Waals surface area contributed by atoms with Crippen molar-refractivity contribution in [1.82, 2.24) is 3.11 Å². The number of hydrogen-bond acceptors (Lipinski definition) is 4. The van der Waals surface area contributed by atoms with Gasteiger partial charge in [-0.3, -0.25) is 0 Å². The van der Waals surface area contributed by atoms with Gasteiger partial charge >= 0.3 is 12.1 Å². The van der Waals surface area contributed by atoms with E-state index in [1.807, 2.05) is 0 Å². The standard InChI is InChI=1S/C14H18INO5/c1-14(2,3)21-13(20)16(15)11(12(18)19)8-9-4-6-10(17)7-5-9/h4-7,11,17H,8H2,1-3H3,(H,18,19)/t11-/m0/s1. The van der Waals surface area contributed by atoms with Crippen molar-refractivity contribution in [3.05, 3.63) is 29.8 Å². The number of carbonyl (C=O) groups excluding carboxylic acids is 1. The third-order valence-electron chi connectivity index (χ3n) is 2.49. The average Bonchev–Trinajstić information content (AvgIpc) is 2.34. The van der Waals surface area contributed by atoms with Gasteiger partial charge in [0.1, 0.15) is 17.4 Å². The third kappa shape index (κ3) is 5.78. The molecule has 7 heteroatoms. The van der Waals surface area contributed by atoms with E-state index in [9.17, 15) is 19.8 Å². The molecule has 0 heterocycles. The van der Waals surface area contributed by atoms with Gasteiger partial charge in [0.05, 0.1) is 22.9 Å². The van der Waals surface area contributed by atoms with E-state index in [4.69, 9.17) is 4.74 Å². The molecule has 0 aliphatic rings. The number of phenols is 1. The molecule has 0 aliphatic carbocycles. The third-order valence-corrected chi connectivity index (χ3v) is 3.56. The minimum atomic E-state index is -1.12. The molecule has 0 radical (unpaired) electrons. The van der Waals surface area contributed by atoms with Crippen molar-refractivity contribution in [3.8, 4) is 5.75 Å². The van der Waals surface area contributed by atoms with Crippen LogP contribution in [0, 0.1) is 0 Å². The van der Waals surface area contributed by atoms with Crippen LogP contribution in [0.3, 0.4) is 0 Å². The summed E-state index contributed by atoms with van der Waals surface area (Å²) in [5.74, 6) is -1.02. The Morgan fingerprint density at radius 3 is 2.24 bits per heavy atom. The van der Waals surface area contributed by atoms with Gasteiger partial charge in [-0.2, -0.15) is 0 Å². The second-order valence-electron chi connectivity index (χ2n) is 5.52. The molecule has 1 amide bonds. The number of amides is 1. The highest BCUT2D eigenvalue weighted by molar-refractivity contribution is 14.1. The zero-order valence-electron chi connectivity index (χ0n) is 12.0. The fraction of sp³-hybridized carbons (Fsp3) is 0.429. The number of benzene rings is 1. The number of halogens is 1. The van der Waals surface area contributed by atoms with Crippen molar-refractivity contribution in [2.45, 2.75) is 38.8 Å². The first-order valence-electron chi connectivity index (χ1n) is 6.29. The molecule has 0 spiro atoms. The molecular formula is C14H18INO5. The predicted molar refractivity (Wildman–Crippen MR) is 85.3 cm³/mol. The van der Waals surface area contributed by atoms with Crippen molar-refractivity contribution < 1.29 is 24.5 Å². The molecule has 1 aromatic rings. The predicted octanol–water partition coefficient (Wildman–Crippen LogP) is 2.98. The summed E-state index contributed by atoms with van der Waals surface area (Å²) in [6, 6.07) is 5.12. The van der Waals surface area contributed by atoms with E-state index in [1.165, 1.54) is 12.1 Å². The van der Waals surface area contributed by atoms with Gasteiger partial charge in [-0.15, -0.1) is 0 Å². The van der Waals surface area contributed by atoms with E-state index in [1.54, 1.807) is 55.8 Å². The van der Waals surface area contributed by atoms with E-state index >= 15 is 0 Å². The number of carboxylic acid groups (broad SMARTS) is 1. The van der Waals surface area contributed by atoms with Gasteiger partial charge in [0.25, 0.3) is 0 Å². The summed E-state index contributed by atoms with van der Waals surface area (Å²) in [7, 11) is 0. The minimum Gasteiger partial charge on any atom is -0.508 e. The Bertz CT molecular complexity index is 509. The topological polar surface area (TPSA) is 87.1 Å². The number of aliphatic carboxylic acids is 1. The second-order valence-corrected chi connectivity index (χ2v) is 6.56. The largest absolute Gasteiger partial charge is 0.508 e. The first kappa shape index (κ1) is 17.5. The van der Waals surface area contributed by atoms with Gasteiger partial charge in [0.2, 0.25) is 0 Å². The molecule has 1 rings (SSSR count). The molecule has 116 valence electrons. The van der Waals surface area contributed by atoms with Gasteiger partial charge in [0, 0.05) is 6.42 Å². The van der Waals surface area contributed by atoms with Gasteiger partial charge < -0.3 is 14.9 Å². The second kappa shape index (κ2) is 6.97. The number of carbonyl (C=O) groups is 2. The molecule has 21 heavy (non-hydrogen) atoms. The zero-order valence-corrected chi connectivity index (χ0v) is 14.2. The monoisotopic (exact) mass is 407 g/mol. The Morgan fingerprint density at radius 1 is 1.29 bits per heavy atom. The van der Waals surface area contributed by atoms with E-state index < -0.39 is 23.7 Å². The van der Waals surface area contributed by atoms with Crippen LogP contribution in [-0.2, 0) is 16.0 Å². The van der Waals surface area contributed by atoms with Crippen LogP contribution in [0.15, 0.2) is 24.3 Å². The molecule has 0 unspecified atom stereocenters. The highest BCUT2D eigenvalue weighted by Gasteiger charge is 2.31. The molecule has 0 aromatic heterocycles. The zero-order chi connectivity index (χ0) is 16.2. The van der Waals surface area contributed by atoms with Gasteiger partial charge in [-0.25, -0.2) is 12.7 Å². The van der Waals surface area contributed by atoms with Gasteiger partial charge in [0.15, 0.2) is 0 Å². The number of carboxylic acids is 1. The highest BCUT2D eigenvalue weighted by atomic mass is 127. The van der Waals surface area contributed by atoms with Crippen molar-refractivity contribution in [1.29, 1.82) is 0 Å². The first-order chi connectivity index (χ1) is 9.60. The molecule has 0 saturated carbocycles. The summed E-state index contributed by atoms with van der Waals surface area (Å²) >= 11 is 1.65. The van der Waals surface area contributed by atoms with Crippen LogP contribution in [0.2, 0.25) is 0 Å². The maximum atomic E-state index is 11.9. The maximum absolute atomic E-state index is 11.9. The Balaban J connectivity index is 2.83. The van der Waals surface area contributed by atoms with E-state index in [0.29, 0.717) is 5.56 Å². The number of hydrogen-bond donors (Lipinski definition) is 2. The molecule has 0 fully saturated rings. The molecule has 2 N–H and O–H groups in total. The summed E-state index contributed by atoms with van der Waals surface area (Å²) < 4.78 is 6.20. The smallest absolute Gasteiger partial charge is 0.419 e. The summed E-state index contributed by atoms with van der Waals surface area (Å²) in [4.78, 5) is 23.3. The van der Waals surface area contributed by atoms with Crippen LogP contribution in [-0.4, -0.2) is 37.0 Å². The van der Waals surface area contributed by atoms with Crippen molar-refractivity contribution in [2.24, 2.45) is 0 Å². The van der Waals surface area contributed by atoms with Crippen LogP contribution in [0.4, 0.5) is 4.79 Å². The molecular weight excluding hydrogens is 389 g/mol. The quantitative estimate of drug-likeness (QED) is 0.592. The molecule has 0 bridgehead atoms. The lowest BCUT2D eigenvalue weighted by atomic mass is 10.1. The van der Waals surface area contributed by atoms with Crippen LogP contribution in [0.1, 0.15) is 26.3 Å². The lowest BCUT2D eigenvalue weighted by molar-refractivity contribution is -0.140. The maximum Gasteiger partial charge on any atom is 0.419 e. The Hall–Kier alpha value is -1.51. The van der Waals surface area contributed by atoms with E-state index in [2.05, 4.69) is 0 Å². The van der Waals surface area contributed by atoms with Crippen molar-refractivity contribution in [3.63, 3.8) is 0 Å². The summed E-state index contributed by atoms with van der Waals surface area (Å²) in [5.41, 5.74) is 0.00710. The van der Waals surface area contributed by atoms with Gasteiger partial charge in [-0.1, -0.05) is 12.1 Å². The van der Waals surface area contributed by atoms with Crippen molar-refractivity contribution >= 4 is 34.9 Å². The fourth-order valence-electron chi connectivity index (χ4n) is 1.55. The minimum absolute atomic E-state index is 0.101. The molecule has 6 nitrogen and oxygen atoms in total. The molecule has 0 aliphatic heterocycles. The summed E-state index contributed by atoms with van der Waals surface area (Å²) in [6.45, 7) is 5.14. The lowest BCUT2D eigenvalue weighted by Crippen LogP contribution is -2.42. The fourth-order valence-corrected chi connectivity index (χ4v) is 2.09. The molecule has 1 aromatic carbocycles. The Labute approximate surface area is 137 Å².